The topological polar surface area (TPSA) is 55.8 Å². The minimum absolute atomic E-state index is 0.0832. The third-order valence-corrected chi connectivity index (χ3v) is 3.96. The molecule has 0 aromatic heterocycles. The van der Waals surface area contributed by atoms with Gasteiger partial charge < -0.3 is 10.4 Å². The van der Waals surface area contributed by atoms with Crippen molar-refractivity contribution in [3.63, 3.8) is 0 Å². The Hall–Kier alpha value is -0.650. The van der Waals surface area contributed by atoms with Crippen LogP contribution in [0, 0.1) is 0 Å². The lowest BCUT2D eigenvalue weighted by atomic mass is 10.1. The maximum atomic E-state index is 12.1. The molecule has 5 heteroatoms. The lowest BCUT2D eigenvalue weighted by Crippen LogP contribution is -2.59. The molecule has 1 rings (SSSR count). The van der Waals surface area contributed by atoms with Crippen molar-refractivity contribution >= 4 is 5.91 Å². The molecule has 5 nitrogen and oxygen atoms in total. The lowest BCUT2D eigenvalue weighted by molar-refractivity contribution is -0.127. The Labute approximate surface area is 123 Å². The van der Waals surface area contributed by atoms with E-state index in [9.17, 15) is 9.90 Å². The van der Waals surface area contributed by atoms with Crippen molar-refractivity contribution in [1.29, 1.82) is 0 Å². The quantitative estimate of drug-likeness (QED) is 0.753. The predicted molar refractivity (Wildman–Crippen MR) is 81.6 cm³/mol. The summed E-state index contributed by atoms with van der Waals surface area (Å²) in [7, 11) is 0. The van der Waals surface area contributed by atoms with Gasteiger partial charge in [-0.25, -0.2) is 0 Å². The number of aliphatic hydroxyl groups is 1. The van der Waals surface area contributed by atoms with Crippen LogP contribution in [-0.4, -0.2) is 71.2 Å². The number of hydrogen-bond acceptors (Lipinski definition) is 4. The van der Waals surface area contributed by atoms with Gasteiger partial charge in [0.15, 0.2) is 0 Å². The van der Waals surface area contributed by atoms with E-state index >= 15 is 0 Å². The third kappa shape index (κ3) is 5.04. The van der Waals surface area contributed by atoms with Crippen LogP contribution in [0.2, 0.25) is 0 Å². The first-order valence-electron chi connectivity index (χ1n) is 7.81. The molecule has 1 heterocycles. The number of carbonyl (C=O) groups excluding carboxylic acids is 1. The molecule has 20 heavy (non-hydrogen) atoms. The fourth-order valence-corrected chi connectivity index (χ4v) is 2.81. The number of amides is 1. The van der Waals surface area contributed by atoms with Gasteiger partial charge >= 0.3 is 0 Å². The van der Waals surface area contributed by atoms with E-state index in [2.05, 4.69) is 22.0 Å². The number of aliphatic hydroxyl groups excluding tert-OH is 1. The largest absolute Gasteiger partial charge is 0.392 e. The molecule has 1 saturated heterocycles. The summed E-state index contributed by atoms with van der Waals surface area (Å²) in [5, 5.41) is 12.5. The van der Waals surface area contributed by atoms with Gasteiger partial charge in [-0.05, 0) is 34.1 Å². The van der Waals surface area contributed by atoms with Crippen molar-refractivity contribution in [2.24, 2.45) is 0 Å². The van der Waals surface area contributed by atoms with Crippen LogP contribution >= 0.6 is 0 Å². The number of piperazine rings is 1. The van der Waals surface area contributed by atoms with E-state index in [1.165, 1.54) is 0 Å². The number of hydrogen-bond donors (Lipinski definition) is 2. The van der Waals surface area contributed by atoms with E-state index in [1.807, 2.05) is 27.7 Å². The zero-order valence-corrected chi connectivity index (χ0v) is 13.6. The van der Waals surface area contributed by atoms with E-state index in [0.29, 0.717) is 6.04 Å². The molecule has 0 aromatic rings. The fraction of sp³-hybridized carbons (Fsp3) is 0.933. The van der Waals surface area contributed by atoms with Gasteiger partial charge in [-0.3, -0.25) is 14.6 Å². The number of rotatable bonds is 6. The number of nitrogens with one attached hydrogen (secondary N) is 1. The third-order valence-electron chi connectivity index (χ3n) is 3.96. The molecule has 0 radical (unpaired) electrons. The number of carbonyl (C=O) groups is 1. The summed E-state index contributed by atoms with van der Waals surface area (Å²) in [6.07, 6.45) is 0.749. The molecular weight excluding hydrogens is 254 g/mol. The van der Waals surface area contributed by atoms with Crippen LogP contribution in [0.1, 0.15) is 41.0 Å². The van der Waals surface area contributed by atoms with Crippen molar-refractivity contribution < 1.29 is 9.90 Å². The summed E-state index contributed by atoms with van der Waals surface area (Å²) >= 11 is 0. The summed E-state index contributed by atoms with van der Waals surface area (Å²) in [6, 6.07) is 0.524. The molecule has 0 bridgehead atoms. The molecule has 118 valence electrons. The van der Waals surface area contributed by atoms with Crippen LogP contribution in [0.3, 0.4) is 0 Å². The molecule has 1 aliphatic rings. The summed E-state index contributed by atoms with van der Waals surface area (Å²) in [4.78, 5) is 16.7. The standard InChI is InChI=1S/C15H31N3O2/c1-6-14-10-17(7-8-18(14)9-12(4)19)13(5)15(20)16-11(2)3/h11-14,19H,6-10H2,1-5H3,(H,16,20)/t12-,13-,14-/m1/s1. The summed E-state index contributed by atoms with van der Waals surface area (Å²) in [6.45, 7) is 13.4. The summed E-state index contributed by atoms with van der Waals surface area (Å²) in [5.41, 5.74) is 0. The Bertz CT molecular complexity index is 307. The molecule has 0 aliphatic carbocycles. The first kappa shape index (κ1) is 17.4. The first-order valence-corrected chi connectivity index (χ1v) is 7.81. The van der Waals surface area contributed by atoms with Gasteiger partial charge in [0, 0.05) is 38.3 Å². The van der Waals surface area contributed by atoms with Crippen LogP contribution in [0.15, 0.2) is 0 Å². The predicted octanol–water partition coefficient (Wildman–Crippen LogP) is 0.677. The van der Waals surface area contributed by atoms with E-state index < -0.39 is 0 Å². The monoisotopic (exact) mass is 285 g/mol. The summed E-state index contributed by atoms with van der Waals surface area (Å²) in [5.74, 6) is 0.110. The van der Waals surface area contributed by atoms with Gasteiger partial charge in [0.2, 0.25) is 5.91 Å². The molecule has 0 saturated carbocycles. The molecule has 3 atom stereocenters. The molecule has 0 aromatic carbocycles. The normalized spacial score (nSPS) is 24.6. The highest BCUT2D eigenvalue weighted by Gasteiger charge is 2.31. The van der Waals surface area contributed by atoms with Gasteiger partial charge in [-0.15, -0.1) is 0 Å². The zero-order chi connectivity index (χ0) is 15.3. The maximum Gasteiger partial charge on any atom is 0.237 e. The van der Waals surface area contributed by atoms with E-state index in [-0.39, 0.29) is 24.1 Å². The van der Waals surface area contributed by atoms with Crippen LogP contribution in [-0.2, 0) is 4.79 Å². The van der Waals surface area contributed by atoms with Crippen molar-refractivity contribution in [1.82, 2.24) is 15.1 Å². The second-order valence-corrected chi connectivity index (χ2v) is 6.24. The Morgan fingerprint density at radius 3 is 2.45 bits per heavy atom. The van der Waals surface area contributed by atoms with Crippen molar-refractivity contribution in [2.75, 3.05) is 26.2 Å². The molecule has 2 N–H and O–H groups in total. The average molecular weight is 285 g/mol. The van der Waals surface area contributed by atoms with Crippen LogP contribution in [0.4, 0.5) is 0 Å². The summed E-state index contributed by atoms with van der Waals surface area (Å²) < 4.78 is 0. The van der Waals surface area contributed by atoms with Gasteiger partial charge in [0.05, 0.1) is 12.1 Å². The number of nitrogens with zero attached hydrogens (tertiary/aromatic N) is 2. The highest BCUT2D eigenvalue weighted by atomic mass is 16.3. The second-order valence-electron chi connectivity index (χ2n) is 6.24. The molecule has 0 unspecified atom stereocenters. The Kier molecular flexibility index (Phi) is 6.92. The van der Waals surface area contributed by atoms with E-state index in [1.54, 1.807) is 0 Å². The lowest BCUT2D eigenvalue weighted by Gasteiger charge is -2.43. The van der Waals surface area contributed by atoms with E-state index in [0.717, 1.165) is 32.6 Å². The Morgan fingerprint density at radius 1 is 1.30 bits per heavy atom. The van der Waals surface area contributed by atoms with Crippen LogP contribution in [0.25, 0.3) is 0 Å². The van der Waals surface area contributed by atoms with Crippen molar-refractivity contribution in [2.45, 2.75) is 65.3 Å². The molecule has 0 spiro atoms. The molecule has 1 aliphatic heterocycles. The minimum atomic E-state index is -0.294. The molecular formula is C15H31N3O2. The van der Waals surface area contributed by atoms with Crippen LogP contribution in [0.5, 0.6) is 0 Å². The van der Waals surface area contributed by atoms with Gasteiger partial charge in [-0.1, -0.05) is 6.92 Å². The second kappa shape index (κ2) is 7.96. The van der Waals surface area contributed by atoms with Crippen molar-refractivity contribution in [3.05, 3.63) is 0 Å². The molecule has 1 amide bonds. The highest BCUT2D eigenvalue weighted by Crippen LogP contribution is 2.15. The Morgan fingerprint density at radius 2 is 1.95 bits per heavy atom. The van der Waals surface area contributed by atoms with Gasteiger partial charge in [0.25, 0.3) is 0 Å². The SMILES string of the molecule is CC[C@@H]1CN([C@H](C)C(=O)NC(C)C)CCN1C[C@@H](C)O. The first-order chi connectivity index (χ1) is 9.35. The zero-order valence-electron chi connectivity index (χ0n) is 13.6. The van der Waals surface area contributed by atoms with Crippen molar-refractivity contribution in [3.8, 4) is 0 Å². The molecule has 1 fully saturated rings. The van der Waals surface area contributed by atoms with Crippen LogP contribution < -0.4 is 5.32 Å². The smallest absolute Gasteiger partial charge is 0.237 e. The van der Waals surface area contributed by atoms with Gasteiger partial charge in [-0.2, -0.15) is 0 Å². The average Bonchev–Trinajstić information content (AvgIpc) is 2.36. The van der Waals surface area contributed by atoms with E-state index in [4.69, 9.17) is 0 Å². The number of β-amino-alcohol motifs (C(OH)–C–C–N with tert-alkyl or cyclic N) is 1. The van der Waals surface area contributed by atoms with Gasteiger partial charge in [0.1, 0.15) is 0 Å². The maximum absolute atomic E-state index is 12.1. The Balaban J connectivity index is 2.57. The minimum Gasteiger partial charge on any atom is -0.392 e. The highest BCUT2D eigenvalue weighted by molar-refractivity contribution is 5.81. The fourth-order valence-electron chi connectivity index (χ4n) is 2.81.